The van der Waals surface area contributed by atoms with E-state index in [1.807, 2.05) is 0 Å². The molecule has 35 heavy (non-hydrogen) atoms. The topological polar surface area (TPSA) is 85.3 Å². The van der Waals surface area contributed by atoms with Gasteiger partial charge in [0.2, 0.25) is 0 Å². The highest BCUT2D eigenvalue weighted by atomic mass is 35.5. The molecule has 0 saturated carbocycles. The molecule has 0 amide bonds. The number of rotatable bonds is 9. The summed E-state index contributed by atoms with van der Waals surface area (Å²) in [6.07, 6.45) is 0.259. The zero-order valence-electron chi connectivity index (χ0n) is 19.6. The standard InChI is InChI=1S/C26H26Cl2O5S2/c1-4-34(30,31)22-9-5-18(6-10-22)13-21(29)14-19-15-24(27)26(25(28)16-19)20-7-11-23(12-8-20)35(32,33)17(2)3/h5-12,15-17H,4,13-14H2,1-3H3. The number of ketones is 1. The van der Waals surface area contributed by atoms with Crippen molar-refractivity contribution in [1.29, 1.82) is 0 Å². The van der Waals surface area contributed by atoms with Gasteiger partial charge >= 0.3 is 0 Å². The molecule has 186 valence electrons. The van der Waals surface area contributed by atoms with E-state index >= 15 is 0 Å². The van der Waals surface area contributed by atoms with Crippen LogP contribution in [0, 0.1) is 0 Å². The minimum Gasteiger partial charge on any atom is -0.299 e. The van der Waals surface area contributed by atoms with Crippen LogP contribution in [0.15, 0.2) is 70.5 Å². The third kappa shape index (κ3) is 6.33. The molecular weight excluding hydrogens is 527 g/mol. The van der Waals surface area contributed by atoms with Gasteiger partial charge in [-0.3, -0.25) is 4.79 Å². The van der Waals surface area contributed by atoms with Crippen molar-refractivity contribution < 1.29 is 21.6 Å². The minimum atomic E-state index is -3.39. The fraction of sp³-hybridized carbons (Fsp3) is 0.269. The van der Waals surface area contributed by atoms with E-state index in [0.29, 0.717) is 26.7 Å². The van der Waals surface area contributed by atoms with Crippen LogP contribution in [0.2, 0.25) is 10.0 Å². The monoisotopic (exact) mass is 552 g/mol. The van der Waals surface area contributed by atoms with Crippen LogP contribution in [0.3, 0.4) is 0 Å². The Morgan fingerprint density at radius 2 is 1.26 bits per heavy atom. The van der Waals surface area contributed by atoms with E-state index in [9.17, 15) is 21.6 Å². The fourth-order valence-electron chi connectivity index (χ4n) is 3.59. The van der Waals surface area contributed by atoms with Crippen molar-refractivity contribution in [3.05, 3.63) is 81.8 Å². The van der Waals surface area contributed by atoms with Crippen molar-refractivity contribution in [2.45, 2.75) is 48.7 Å². The number of halogens is 2. The molecule has 0 aliphatic heterocycles. The molecule has 0 spiro atoms. The first-order valence-corrected chi connectivity index (χ1v) is 15.0. The van der Waals surface area contributed by atoms with Crippen LogP contribution in [0.4, 0.5) is 0 Å². The lowest BCUT2D eigenvalue weighted by molar-refractivity contribution is -0.117. The summed E-state index contributed by atoms with van der Waals surface area (Å²) in [7, 11) is -6.67. The van der Waals surface area contributed by atoms with Crippen molar-refractivity contribution in [3.8, 4) is 11.1 Å². The van der Waals surface area contributed by atoms with Gasteiger partial charge in [0, 0.05) is 18.4 Å². The first-order valence-electron chi connectivity index (χ1n) is 11.0. The molecule has 0 N–H and O–H groups in total. The maximum absolute atomic E-state index is 12.6. The first-order chi connectivity index (χ1) is 16.3. The Morgan fingerprint density at radius 1 is 0.771 bits per heavy atom. The van der Waals surface area contributed by atoms with Crippen LogP contribution >= 0.6 is 23.2 Å². The van der Waals surface area contributed by atoms with Gasteiger partial charge < -0.3 is 0 Å². The van der Waals surface area contributed by atoms with E-state index in [0.717, 1.165) is 5.56 Å². The molecular formula is C26H26Cl2O5S2. The summed E-state index contributed by atoms with van der Waals surface area (Å²) in [6.45, 7) is 4.84. The molecule has 0 fully saturated rings. The van der Waals surface area contributed by atoms with E-state index in [1.165, 1.54) is 24.3 Å². The summed E-state index contributed by atoms with van der Waals surface area (Å²) in [4.78, 5) is 13.1. The number of sulfone groups is 2. The number of hydrogen-bond acceptors (Lipinski definition) is 5. The molecule has 0 heterocycles. The normalized spacial score (nSPS) is 12.2. The maximum atomic E-state index is 12.6. The zero-order valence-corrected chi connectivity index (χ0v) is 22.7. The molecule has 9 heteroatoms. The van der Waals surface area contributed by atoms with Crippen molar-refractivity contribution in [3.63, 3.8) is 0 Å². The third-order valence-corrected chi connectivity index (χ3v) is 10.2. The third-order valence-electron chi connectivity index (χ3n) is 5.66. The average Bonchev–Trinajstić information content (AvgIpc) is 2.79. The predicted molar refractivity (Wildman–Crippen MR) is 141 cm³/mol. The minimum absolute atomic E-state index is 0.0178. The van der Waals surface area contributed by atoms with Gasteiger partial charge in [0.1, 0.15) is 5.78 Å². The first kappa shape index (κ1) is 27.4. The van der Waals surface area contributed by atoms with Crippen LogP contribution in [-0.2, 0) is 37.3 Å². The highest BCUT2D eigenvalue weighted by Gasteiger charge is 2.20. The molecule has 0 unspecified atom stereocenters. The Hall–Kier alpha value is -2.19. The molecule has 3 aromatic carbocycles. The summed E-state index contributed by atoms with van der Waals surface area (Å²) in [6, 6.07) is 16.1. The second-order valence-corrected chi connectivity index (χ2v) is 14.1. The van der Waals surface area contributed by atoms with Crippen molar-refractivity contribution in [2.75, 3.05) is 5.75 Å². The van der Waals surface area contributed by atoms with Gasteiger partial charge in [-0.1, -0.05) is 54.4 Å². The second kappa shape index (κ2) is 10.8. The molecule has 0 bridgehead atoms. The van der Waals surface area contributed by atoms with E-state index in [2.05, 4.69) is 0 Å². The second-order valence-electron chi connectivity index (χ2n) is 8.49. The number of carbonyl (C=O) groups is 1. The van der Waals surface area contributed by atoms with Gasteiger partial charge in [-0.2, -0.15) is 0 Å². The van der Waals surface area contributed by atoms with Crippen LogP contribution in [0.25, 0.3) is 11.1 Å². The van der Waals surface area contributed by atoms with Crippen molar-refractivity contribution in [2.24, 2.45) is 0 Å². The fourth-order valence-corrected chi connectivity index (χ4v) is 6.28. The van der Waals surface area contributed by atoms with Gasteiger partial charge in [0.25, 0.3) is 0 Å². The SMILES string of the molecule is CCS(=O)(=O)c1ccc(CC(=O)Cc2cc(Cl)c(-c3ccc(S(=O)(=O)C(C)C)cc3)c(Cl)c2)cc1. The Labute approximate surface area is 216 Å². The lowest BCUT2D eigenvalue weighted by atomic mass is 9.99. The van der Waals surface area contributed by atoms with Crippen molar-refractivity contribution >= 4 is 48.7 Å². The summed E-state index contributed by atoms with van der Waals surface area (Å²) in [5, 5.41) is 0.183. The largest absolute Gasteiger partial charge is 0.299 e. The summed E-state index contributed by atoms with van der Waals surface area (Å²) < 4.78 is 48.6. The average molecular weight is 554 g/mol. The highest BCUT2D eigenvalue weighted by Crippen LogP contribution is 2.36. The predicted octanol–water partition coefficient (Wildman–Crippen LogP) is 5.99. The quantitative estimate of drug-likeness (QED) is 0.325. The summed E-state index contributed by atoms with van der Waals surface area (Å²) >= 11 is 13.0. The van der Waals surface area contributed by atoms with Gasteiger partial charge in [-0.15, -0.1) is 0 Å². The molecule has 3 rings (SSSR count). The molecule has 3 aromatic rings. The molecule has 0 aliphatic carbocycles. The number of benzene rings is 3. The Morgan fingerprint density at radius 3 is 1.74 bits per heavy atom. The number of Topliss-reactive ketones (excluding diaryl/α,β-unsaturated/α-hetero) is 1. The summed E-state index contributed by atoms with van der Waals surface area (Å²) in [5.74, 6) is -0.0523. The number of carbonyl (C=O) groups excluding carboxylic acids is 1. The molecule has 0 aliphatic rings. The molecule has 0 atom stereocenters. The summed E-state index contributed by atoms with van der Waals surface area (Å²) in [5.41, 5.74) is 2.60. The van der Waals surface area contributed by atoms with Gasteiger partial charge in [-0.25, -0.2) is 16.8 Å². The van der Waals surface area contributed by atoms with E-state index < -0.39 is 24.9 Å². The molecule has 0 radical (unpaired) electrons. The maximum Gasteiger partial charge on any atom is 0.180 e. The molecule has 5 nitrogen and oxygen atoms in total. The van der Waals surface area contributed by atoms with E-state index in [-0.39, 0.29) is 34.2 Å². The Kier molecular flexibility index (Phi) is 8.48. The van der Waals surface area contributed by atoms with E-state index in [4.69, 9.17) is 23.2 Å². The number of hydrogen-bond donors (Lipinski definition) is 0. The van der Waals surface area contributed by atoms with Crippen LogP contribution in [0.1, 0.15) is 31.9 Å². The van der Waals surface area contributed by atoms with E-state index in [1.54, 1.807) is 57.2 Å². The lowest BCUT2D eigenvalue weighted by Gasteiger charge is -2.12. The van der Waals surface area contributed by atoms with Crippen LogP contribution in [0.5, 0.6) is 0 Å². The lowest BCUT2D eigenvalue weighted by Crippen LogP contribution is -2.13. The molecule has 0 saturated heterocycles. The zero-order chi connectivity index (χ0) is 26.0. The van der Waals surface area contributed by atoms with Gasteiger partial charge in [0.05, 0.1) is 30.8 Å². The van der Waals surface area contributed by atoms with Gasteiger partial charge in [-0.05, 0) is 66.9 Å². The highest BCUT2D eigenvalue weighted by molar-refractivity contribution is 7.92. The van der Waals surface area contributed by atoms with Crippen LogP contribution in [-0.4, -0.2) is 33.6 Å². The Balaban J connectivity index is 1.76. The smallest absolute Gasteiger partial charge is 0.180 e. The van der Waals surface area contributed by atoms with Crippen molar-refractivity contribution in [1.82, 2.24) is 0 Å². The Bertz CT molecular complexity index is 1420. The van der Waals surface area contributed by atoms with Crippen LogP contribution < -0.4 is 0 Å². The molecule has 0 aromatic heterocycles. The van der Waals surface area contributed by atoms with Gasteiger partial charge in [0.15, 0.2) is 19.7 Å².